The van der Waals surface area contributed by atoms with Gasteiger partial charge in [-0.05, 0) is 58.7 Å². The van der Waals surface area contributed by atoms with Crippen molar-refractivity contribution in [2.24, 2.45) is 5.92 Å². The number of fused-ring (bicyclic) bond motifs is 5. The molecule has 0 bridgehead atoms. The molecule has 0 atom stereocenters. The van der Waals surface area contributed by atoms with Crippen LogP contribution in [0, 0.1) is 18.1 Å². The topological polar surface area (TPSA) is 38.9 Å². The number of nitrogens with zero attached hydrogens (tertiary/aromatic N) is 2. The Morgan fingerprint density at radius 3 is 2.20 bits per heavy atom. The predicted molar refractivity (Wildman–Crippen MR) is 201 cm³/mol. The largest absolute Gasteiger partial charge is 0.500 e. The van der Waals surface area contributed by atoms with Gasteiger partial charge in [0, 0.05) is 48.8 Å². The van der Waals surface area contributed by atoms with E-state index in [2.05, 4.69) is 46.4 Å². The summed E-state index contributed by atoms with van der Waals surface area (Å²) in [6.07, 6.45) is 5.79. The molecule has 1 aliphatic carbocycles. The third-order valence-corrected chi connectivity index (χ3v) is 9.12. The SMILES string of the molecule is [2H]C([2H])(c1ccccc1)c1ccnc(-c2[c-]cccc2)c1.[2H]C([2H])(c1ccnc(-c2[c-]ccc3c2oc2c4ccccc4ccc32)c1)C1CCCCC1.[Ir]. The Labute approximate surface area is 313 Å². The molecule has 9 rings (SSSR count). The predicted octanol–water partition coefficient (Wildman–Crippen LogP) is 11.9. The van der Waals surface area contributed by atoms with Crippen molar-refractivity contribution in [2.45, 2.75) is 44.8 Å². The van der Waals surface area contributed by atoms with Crippen molar-refractivity contribution in [1.29, 1.82) is 0 Å². The number of hydrogen-bond acceptors (Lipinski definition) is 3. The van der Waals surface area contributed by atoms with Crippen molar-refractivity contribution in [1.82, 2.24) is 9.97 Å². The van der Waals surface area contributed by atoms with E-state index in [0.717, 1.165) is 75.2 Å². The van der Waals surface area contributed by atoms with Crippen LogP contribution in [-0.2, 0) is 32.9 Å². The first-order valence-corrected chi connectivity index (χ1v) is 17.0. The molecule has 8 aromatic rings. The fraction of sp³-hybridized carbons (Fsp3) is 0.174. The molecule has 5 aromatic carbocycles. The van der Waals surface area contributed by atoms with Crippen LogP contribution in [-0.4, -0.2) is 9.97 Å². The second kappa shape index (κ2) is 15.8. The summed E-state index contributed by atoms with van der Waals surface area (Å²) in [7, 11) is 0. The summed E-state index contributed by atoms with van der Waals surface area (Å²) in [5, 5.41) is 4.33. The van der Waals surface area contributed by atoms with E-state index in [1.54, 1.807) is 36.7 Å². The smallest absolute Gasteiger partial charge is 0.128 e. The van der Waals surface area contributed by atoms with Gasteiger partial charge in [0.2, 0.25) is 0 Å². The number of pyridine rings is 2. The summed E-state index contributed by atoms with van der Waals surface area (Å²) in [6.45, 7) is 0. The average molecular weight is 831 g/mol. The first kappa shape index (κ1) is 28.9. The fourth-order valence-electron chi connectivity index (χ4n) is 6.70. The molecular formula is C46H38IrN2O-2. The third kappa shape index (κ3) is 7.48. The molecule has 0 aliphatic heterocycles. The van der Waals surface area contributed by atoms with Gasteiger partial charge in [-0.3, -0.25) is 0 Å². The quantitative estimate of drug-likeness (QED) is 0.157. The van der Waals surface area contributed by atoms with Gasteiger partial charge in [-0.1, -0.05) is 127 Å². The van der Waals surface area contributed by atoms with Gasteiger partial charge in [0.1, 0.15) is 5.58 Å². The van der Waals surface area contributed by atoms with E-state index in [1.165, 1.54) is 6.42 Å². The molecule has 4 heteroatoms. The molecule has 0 unspecified atom stereocenters. The number of benzene rings is 5. The summed E-state index contributed by atoms with van der Waals surface area (Å²) < 4.78 is 41.0. The minimum atomic E-state index is -1.55. The summed E-state index contributed by atoms with van der Waals surface area (Å²) >= 11 is 0. The molecule has 3 nitrogen and oxygen atoms in total. The first-order valence-electron chi connectivity index (χ1n) is 19.0. The van der Waals surface area contributed by atoms with Crippen LogP contribution in [0.5, 0.6) is 0 Å². The normalized spacial score (nSPS) is 14.9. The van der Waals surface area contributed by atoms with E-state index in [1.807, 2.05) is 78.9 Å². The van der Waals surface area contributed by atoms with Crippen LogP contribution in [0.4, 0.5) is 0 Å². The van der Waals surface area contributed by atoms with Crippen LogP contribution in [0.1, 0.15) is 54.3 Å². The Balaban J connectivity index is 0.000000178. The maximum atomic E-state index is 8.87. The Hall–Kier alpha value is -4.89. The molecule has 1 saturated carbocycles. The van der Waals surface area contributed by atoms with E-state index < -0.39 is 12.7 Å². The second-order valence-electron chi connectivity index (χ2n) is 12.5. The molecule has 0 N–H and O–H groups in total. The van der Waals surface area contributed by atoms with E-state index in [-0.39, 0.29) is 26.0 Å². The summed E-state index contributed by atoms with van der Waals surface area (Å²) in [4.78, 5) is 8.91. The van der Waals surface area contributed by atoms with Crippen LogP contribution in [0.15, 0.2) is 144 Å². The molecular weight excluding hydrogens is 789 g/mol. The summed E-state index contributed by atoms with van der Waals surface area (Å²) in [5.74, 6) is 0.0591. The van der Waals surface area contributed by atoms with Crippen molar-refractivity contribution in [3.63, 3.8) is 0 Å². The van der Waals surface area contributed by atoms with Gasteiger partial charge < -0.3 is 14.4 Å². The molecule has 3 heterocycles. The standard InChI is InChI=1S/C28H24NO.C18H14N.Ir/c1-2-7-19(8-3-1)17-20-15-16-29-26(18-20)25-12-6-11-23-24-14-13-21-9-4-5-10-22(21)27(24)30-28(23)25;1-3-7-15(8-4-1)13-16-11-12-19-18(14-16)17-9-5-2-6-10-17;/h4-6,9-11,13-16,18-19H,1-3,7-8,17H2;1-9,11-12,14H,13H2;/q2*-1;/i17D2;13D2;. The minimum absolute atomic E-state index is 0. The summed E-state index contributed by atoms with van der Waals surface area (Å²) in [5.41, 5.74) is 6.63. The maximum Gasteiger partial charge on any atom is 0.128 e. The number of furan rings is 1. The second-order valence-corrected chi connectivity index (χ2v) is 12.5. The maximum absolute atomic E-state index is 8.87. The zero-order chi connectivity index (χ0) is 36.4. The van der Waals surface area contributed by atoms with E-state index in [9.17, 15) is 0 Å². The van der Waals surface area contributed by atoms with Crippen molar-refractivity contribution in [3.8, 4) is 22.5 Å². The first-order chi connectivity index (χ1) is 25.8. The molecule has 249 valence electrons. The summed E-state index contributed by atoms with van der Waals surface area (Å²) in [6, 6.07) is 46.8. The van der Waals surface area contributed by atoms with Gasteiger partial charge in [0.25, 0.3) is 0 Å². The third-order valence-electron chi connectivity index (χ3n) is 9.12. The van der Waals surface area contributed by atoms with Crippen LogP contribution in [0.2, 0.25) is 0 Å². The molecule has 1 fully saturated rings. The number of rotatable bonds is 6. The van der Waals surface area contributed by atoms with E-state index in [4.69, 9.17) is 9.90 Å². The Morgan fingerprint density at radius 2 is 1.36 bits per heavy atom. The van der Waals surface area contributed by atoms with Gasteiger partial charge in [-0.2, -0.15) is 0 Å². The van der Waals surface area contributed by atoms with Crippen molar-refractivity contribution >= 4 is 32.7 Å². The Bertz CT molecular complexity index is 2510. The average Bonchev–Trinajstić information content (AvgIpc) is 3.62. The fourth-order valence-corrected chi connectivity index (χ4v) is 6.70. The zero-order valence-electron chi connectivity index (χ0n) is 31.5. The van der Waals surface area contributed by atoms with Gasteiger partial charge in [0.15, 0.2) is 0 Å². The van der Waals surface area contributed by atoms with Crippen molar-refractivity contribution < 1.29 is 30.0 Å². The number of hydrogen-bond donors (Lipinski definition) is 0. The van der Waals surface area contributed by atoms with Gasteiger partial charge in [-0.25, -0.2) is 0 Å². The van der Waals surface area contributed by atoms with Crippen LogP contribution in [0.25, 0.3) is 55.2 Å². The van der Waals surface area contributed by atoms with Crippen LogP contribution < -0.4 is 0 Å². The molecule has 3 aromatic heterocycles. The van der Waals surface area contributed by atoms with E-state index in [0.29, 0.717) is 22.4 Å². The van der Waals surface area contributed by atoms with E-state index >= 15 is 0 Å². The molecule has 0 amide bonds. The minimum Gasteiger partial charge on any atom is -0.500 e. The van der Waals surface area contributed by atoms with Crippen molar-refractivity contribution in [2.75, 3.05) is 0 Å². The Morgan fingerprint density at radius 1 is 0.620 bits per heavy atom. The number of aromatic nitrogens is 2. The zero-order valence-corrected chi connectivity index (χ0v) is 29.9. The van der Waals surface area contributed by atoms with Gasteiger partial charge in [0.05, 0.1) is 5.58 Å². The molecule has 1 aliphatic rings. The molecule has 0 spiro atoms. The van der Waals surface area contributed by atoms with Gasteiger partial charge in [-0.15, -0.1) is 54.1 Å². The molecule has 0 saturated heterocycles. The van der Waals surface area contributed by atoms with Crippen LogP contribution in [0.3, 0.4) is 0 Å². The molecule has 50 heavy (non-hydrogen) atoms. The van der Waals surface area contributed by atoms with Gasteiger partial charge >= 0.3 is 0 Å². The Kier molecular flexibility index (Phi) is 9.11. The molecule has 1 radical (unpaired) electrons. The van der Waals surface area contributed by atoms with Crippen molar-refractivity contribution in [3.05, 3.63) is 169 Å². The van der Waals surface area contributed by atoms with Crippen LogP contribution >= 0.6 is 0 Å². The monoisotopic (exact) mass is 831 g/mol.